The predicted octanol–water partition coefficient (Wildman–Crippen LogP) is 1.77. The minimum atomic E-state index is -0.504. The van der Waals surface area contributed by atoms with Crippen molar-refractivity contribution in [1.82, 2.24) is 14.5 Å². The third kappa shape index (κ3) is 2.30. The van der Waals surface area contributed by atoms with Gasteiger partial charge in [0.15, 0.2) is 0 Å². The van der Waals surface area contributed by atoms with Crippen molar-refractivity contribution in [3.05, 3.63) is 62.3 Å². The highest BCUT2D eigenvalue weighted by molar-refractivity contribution is 6.31. The van der Waals surface area contributed by atoms with Gasteiger partial charge in [-0.1, -0.05) is 17.7 Å². The molecule has 0 aliphatic carbocycles. The Bertz CT molecular complexity index is 946. The molecule has 21 heavy (non-hydrogen) atoms. The molecule has 2 N–H and O–H groups in total. The van der Waals surface area contributed by atoms with Gasteiger partial charge in [-0.05, 0) is 24.3 Å². The zero-order valence-electron chi connectivity index (χ0n) is 11.1. The summed E-state index contributed by atoms with van der Waals surface area (Å²) in [7, 11) is 1.69. The van der Waals surface area contributed by atoms with Gasteiger partial charge in [-0.25, -0.2) is 9.36 Å². The molecule has 0 unspecified atom stereocenters. The number of aromatic amines is 1. The molecule has 0 radical (unpaired) electrons. The van der Waals surface area contributed by atoms with E-state index in [0.717, 1.165) is 5.39 Å². The summed E-state index contributed by atoms with van der Waals surface area (Å²) in [6.07, 6.45) is 0. The molecule has 0 aliphatic rings. The van der Waals surface area contributed by atoms with Gasteiger partial charge in [0.2, 0.25) is 5.56 Å². The largest absolute Gasteiger partial charge is 0.372 e. The van der Waals surface area contributed by atoms with Gasteiger partial charge in [0, 0.05) is 23.5 Å². The van der Waals surface area contributed by atoms with Gasteiger partial charge < -0.3 is 10.3 Å². The molecule has 0 amide bonds. The number of nitrogens with zero attached hydrogens (tertiary/aromatic N) is 2. The number of benzene rings is 1. The van der Waals surface area contributed by atoms with Crippen LogP contribution in [0.2, 0.25) is 5.02 Å². The summed E-state index contributed by atoms with van der Waals surface area (Å²) >= 11 is 6.03. The lowest BCUT2D eigenvalue weighted by Crippen LogP contribution is -2.25. The van der Waals surface area contributed by atoms with E-state index in [1.54, 1.807) is 37.4 Å². The first-order chi connectivity index (χ1) is 10.1. The number of anilines is 1. The zero-order valence-corrected chi connectivity index (χ0v) is 11.8. The van der Waals surface area contributed by atoms with Crippen LogP contribution in [0.5, 0.6) is 0 Å². The third-order valence-corrected chi connectivity index (χ3v) is 3.32. The summed E-state index contributed by atoms with van der Waals surface area (Å²) in [6.45, 7) is 0. The van der Waals surface area contributed by atoms with Crippen molar-refractivity contribution in [2.45, 2.75) is 0 Å². The number of nitrogens with one attached hydrogen (secondary N) is 2. The van der Waals surface area contributed by atoms with E-state index in [-0.39, 0.29) is 5.56 Å². The van der Waals surface area contributed by atoms with Gasteiger partial charge in [-0.15, -0.1) is 0 Å². The third-order valence-electron chi connectivity index (χ3n) is 3.09. The Hall–Kier alpha value is -2.60. The summed E-state index contributed by atoms with van der Waals surface area (Å²) < 4.78 is 1.32. The van der Waals surface area contributed by atoms with Gasteiger partial charge in [0.25, 0.3) is 0 Å². The SMILES string of the molecule is CNc1nc(=O)n(-c2cccc(=O)[nH]2)c2cc(Cl)ccc12. The van der Waals surface area contributed by atoms with E-state index in [1.165, 1.54) is 10.6 Å². The van der Waals surface area contributed by atoms with Crippen LogP contribution in [0.3, 0.4) is 0 Å². The Balaban J connectivity index is 2.47. The lowest BCUT2D eigenvalue weighted by molar-refractivity contribution is 0.916. The zero-order chi connectivity index (χ0) is 15.0. The van der Waals surface area contributed by atoms with Gasteiger partial charge >= 0.3 is 5.69 Å². The standard InChI is InChI=1S/C14H11ClN4O2/c1-16-13-9-6-5-8(15)7-10(9)19(14(21)18-13)11-3-2-4-12(20)17-11/h2-7H,1H3,(H,17,20)(H,16,18,21). The van der Waals surface area contributed by atoms with E-state index in [2.05, 4.69) is 15.3 Å². The quantitative estimate of drug-likeness (QED) is 0.756. The normalized spacial score (nSPS) is 10.8. The molecular formula is C14H11ClN4O2. The fourth-order valence-corrected chi connectivity index (χ4v) is 2.36. The van der Waals surface area contributed by atoms with Crippen molar-refractivity contribution in [2.24, 2.45) is 0 Å². The number of H-pyrrole nitrogens is 1. The molecule has 3 rings (SSSR count). The first-order valence-electron chi connectivity index (χ1n) is 6.20. The van der Waals surface area contributed by atoms with E-state index in [0.29, 0.717) is 22.2 Å². The van der Waals surface area contributed by atoms with Crippen molar-refractivity contribution in [3.63, 3.8) is 0 Å². The molecule has 0 saturated heterocycles. The van der Waals surface area contributed by atoms with Crippen LogP contribution >= 0.6 is 11.6 Å². The second-order valence-electron chi connectivity index (χ2n) is 4.39. The number of hydrogen-bond acceptors (Lipinski definition) is 4. The Morgan fingerprint density at radius 2 is 2.05 bits per heavy atom. The maximum absolute atomic E-state index is 12.3. The van der Waals surface area contributed by atoms with E-state index < -0.39 is 5.69 Å². The Labute approximate surface area is 124 Å². The highest BCUT2D eigenvalue weighted by Crippen LogP contribution is 2.24. The molecule has 1 aromatic carbocycles. The van der Waals surface area contributed by atoms with E-state index in [4.69, 9.17) is 11.6 Å². The fraction of sp³-hybridized carbons (Fsp3) is 0.0714. The van der Waals surface area contributed by atoms with Crippen molar-refractivity contribution < 1.29 is 0 Å². The molecule has 106 valence electrons. The highest BCUT2D eigenvalue weighted by atomic mass is 35.5. The average Bonchev–Trinajstić information content (AvgIpc) is 2.46. The second kappa shape index (κ2) is 5.06. The summed E-state index contributed by atoms with van der Waals surface area (Å²) in [5.41, 5.74) is -0.239. The van der Waals surface area contributed by atoms with Crippen LogP contribution in [-0.4, -0.2) is 21.6 Å². The fourth-order valence-electron chi connectivity index (χ4n) is 2.19. The van der Waals surface area contributed by atoms with Crippen LogP contribution < -0.4 is 16.6 Å². The summed E-state index contributed by atoms with van der Waals surface area (Å²) in [6, 6.07) is 9.72. The first-order valence-corrected chi connectivity index (χ1v) is 6.58. The molecule has 0 bridgehead atoms. The lowest BCUT2D eigenvalue weighted by Gasteiger charge is -2.12. The number of halogens is 1. The van der Waals surface area contributed by atoms with Gasteiger partial charge in [-0.2, -0.15) is 4.98 Å². The van der Waals surface area contributed by atoms with Crippen molar-refractivity contribution in [2.75, 3.05) is 12.4 Å². The number of aromatic nitrogens is 3. The highest BCUT2D eigenvalue weighted by Gasteiger charge is 2.12. The molecular weight excluding hydrogens is 292 g/mol. The van der Waals surface area contributed by atoms with Gasteiger partial charge in [-0.3, -0.25) is 4.79 Å². The van der Waals surface area contributed by atoms with Crippen LogP contribution in [0.1, 0.15) is 0 Å². The maximum Gasteiger partial charge on any atom is 0.355 e. The van der Waals surface area contributed by atoms with Crippen molar-refractivity contribution in [3.8, 4) is 5.82 Å². The van der Waals surface area contributed by atoms with E-state index >= 15 is 0 Å². The molecule has 6 nitrogen and oxygen atoms in total. The minimum absolute atomic E-state index is 0.299. The van der Waals surface area contributed by atoms with Crippen LogP contribution in [0, 0.1) is 0 Å². The molecule has 0 fully saturated rings. The molecule has 0 saturated carbocycles. The number of rotatable bonds is 2. The number of fused-ring (bicyclic) bond motifs is 1. The smallest absolute Gasteiger partial charge is 0.355 e. The molecule has 3 aromatic rings. The van der Waals surface area contributed by atoms with Crippen LogP contribution in [0.15, 0.2) is 46.0 Å². The van der Waals surface area contributed by atoms with Crippen LogP contribution in [-0.2, 0) is 0 Å². The number of hydrogen-bond donors (Lipinski definition) is 2. The van der Waals surface area contributed by atoms with Crippen molar-refractivity contribution in [1.29, 1.82) is 0 Å². The molecule has 0 spiro atoms. The topological polar surface area (TPSA) is 79.8 Å². The summed E-state index contributed by atoms with van der Waals surface area (Å²) in [5.74, 6) is 0.802. The van der Waals surface area contributed by atoms with Crippen LogP contribution in [0.4, 0.5) is 5.82 Å². The Kier molecular flexibility index (Phi) is 3.23. The Morgan fingerprint density at radius 3 is 2.76 bits per heavy atom. The van der Waals surface area contributed by atoms with Gasteiger partial charge in [0.05, 0.1) is 5.52 Å². The van der Waals surface area contributed by atoms with E-state index in [9.17, 15) is 9.59 Å². The summed E-state index contributed by atoms with van der Waals surface area (Å²) in [4.78, 5) is 30.4. The lowest BCUT2D eigenvalue weighted by atomic mass is 10.2. The first kappa shape index (κ1) is 13.4. The molecule has 2 aromatic heterocycles. The number of pyridine rings is 1. The minimum Gasteiger partial charge on any atom is -0.372 e. The monoisotopic (exact) mass is 302 g/mol. The molecule has 2 heterocycles. The van der Waals surface area contributed by atoms with Crippen molar-refractivity contribution >= 4 is 28.3 Å². The molecule has 0 aliphatic heterocycles. The second-order valence-corrected chi connectivity index (χ2v) is 4.83. The molecule has 7 heteroatoms. The van der Waals surface area contributed by atoms with Crippen LogP contribution in [0.25, 0.3) is 16.7 Å². The average molecular weight is 303 g/mol. The molecule has 0 atom stereocenters. The summed E-state index contributed by atoms with van der Waals surface area (Å²) in [5, 5.41) is 4.10. The predicted molar refractivity (Wildman–Crippen MR) is 82.5 cm³/mol. The Morgan fingerprint density at radius 1 is 1.24 bits per heavy atom. The van der Waals surface area contributed by atoms with E-state index in [1.807, 2.05) is 0 Å². The maximum atomic E-state index is 12.3. The van der Waals surface area contributed by atoms with Gasteiger partial charge in [0.1, 0.15) is 11.6 Å².